The highest BCUT2D eigenvalue weighted by atomic mass is 16.1. The van der Waals surface area contributed by atoms with Gasteiger partial charge < -0.3 is 4.79 Å². The van der Waals surface area contributed by atoms with Crippen LogP contribution in [-0.2, 0) is 4.79 Å². The third-order valence-corrected chi connectivity index (χ3v) is 3.98. The van der Waals surface area contributed by atoms with Gasteiger partial charge in [0.05, 0.1) is 0 Å². The summed E-state index contributed by atoms with van der Waals surface area (Å²) in [5.41, 5.74) is 0.452. The highest BCUT2D eigenvalue weighted by Crippen LogP contribution is 2.45. The van der Waals surface area contributed by atoms with E-state index in [4.69, 9.17) is 0 Å². The molecule has 0 heterocycles. The van der Waals surface area contributed by atoms with E-state index in [-0.39, 0.29) is 0 Å². The van der Waals surface area contributed by atoms with E-state index in [9.17, 15) is 4.79 Å². The first-order chi connectivity index (χ1) is 6.43. The fraction of sp³-hybridized carbons (Fsp3) is 0.923. The number of carbonyl (C=O) groups is 1. The summed E-state index contributed by atoms with van der Waals surface area (Å²) in [5, 5.41) is 0. The minimum atomic E-state index is 0.346. The molecule has 0 spiro atoms. The van der Waals surface area contributed by atoms with Crippen LogP contribution in [0, 0.1) is 17.3 Å². The van der Waals surface area contributed by atoms with Crippen LogP contribution in [0.1, 0.15) is 59.8 Å². The summed E-state index contributed by atoms with van der Waals surface area (Å²) < 4.78 is 0. The van der Waals surface area contributed by atoms with E-state index in [1.54, 1.807) is 6.92 Å². The molecule has 0 aliphatic heterocycles. The van der Waals surface area contributed by atoms with Crippen molar-refractivity contribution in [2.24, 2.45) is 17.3 Å². The first-order valence-corrected chi connectivity index (χ1v) is 5.93. The second-order valence-corrected chi connectivity index (χ2v) is 5.71. The Morgan fingerprint density at radius 1 is 1.43 bits per heavy atom. The lowest BCUT2D eigenvalue weighted by atomic mass is 9.62. The van der Waals surface area contributed by atoms with Crippen LogP contribution in [0.25, 0.3) is 0 Å². The SMILES string of the molecule is CC(=O)CC[C@H]1C(C)CCCC1(C)C. The van der Waals surface area contributed by atoms with Gasteiger partial charge in [0.25, 0.3) is 0 Å². The molecule has 0 aromatic carbocycles. The summed E-state index contributed by atoms with van der Waals surface area (Å²) in [4.78, 5) is 11.0. The number of Topliss-reactive ketones (excluding diaryl/α,β-unsaturated/α-hetero) is 1. The Kier molecular flexibility index (Phi) is 3.74. The normalized spacial score (nSPS) is 31.4. The second kappa shape index (κ2) is 4.46. The van der Waals surface area contributed by atoms with Crippen LogP contribution in [0.5, 0.6) is 0 Å². The van der Waals surface area contributed by atoms with Crippen molar-refractivity contribution in [1.82, 2.24) is 0 Å². The summed E-state index contributed by atoms with van der Waals surface area (Å²) >= 11 is 0. The molecule has 1 rings (SSSR count). The molecule has 1 heteroatoms. The van der Waals surface area contributed by atoms with Gasteiger partial charge in [0.2, 0.25) is 0 Å². The molecule has 1 aliphatic rings. The molecule has 14 heavy (non-hydrogen) atoms. The lowest BCUT2D eigenvalue weighted by Gasteiger charge is -2.43. The van der Waals surface area contributed by atoms with Gasteiger partial charge in [-0.3, -0.25) is 0 Å². The molecule has 1 aliphatic carbocycles. The Bertz CT molecular complexity index is 205. The molecule has 0 N–H and O–H groups in total. The smallest absolute Gasteiger partial charge is 0.129 e. The van der Waals surface area contributed by atoms with Gasteiger partial charge in [-0.2, -0.15) is 0 Å². The van der Waals surface area contributed by atoms with Crippen molar-refractivity contribution in [2.75, 3.05) is 0 Å². The summed E-state index contributed by atoms with van der Waals surface area (Å²) in [6.07, 6.45) is 5.93. The Balaban J connectivity index is 2.56. The predicted molar refractivity (Wildman–Crippen MR) is 60.2 cm³/mol. The molecule has 0 aromatic rings. The zero-order valence-corrected chi connectivity index (χ0v) is 10.1. The van der Waals surface area contributed by atoms with Crippen LogP contribution >= 0.6 is 0 Å². The number of ketones is 1. The molecule has 0 bridgehead atoms. The predicted octanol–water partition coefficient (Wildman–Crippen LogP) is 3.82. The van der Waals surface area contributed by atoms with E-state index in [1.165, 1.54) is 19.3 Å². The molecular weight excluding hydrogens is 172 g/mol. The molecule has 1 saturated carbocycles. The van der Waals surface area contributed by atoms with Crippen LogP contribution in [0.2, 0.25) is 0 Å². The Morgan fingerprint density at radius 3 is 2.57 bits per heavy atom. The Morgan fingerprint density at radius 2 is 2.07 bits per heavy atom. The topological polar surface area (TPSA) is 17.1 Å². The van der Waals surface area contributed by atoms with Crippen molar-refractivity contribution >= 4 is 5.78 Å². The minimum absolute atomic E-state index is 0.346. The van der Waals surface area contributed by atoms with Crippen LogP contribution in [0.15, 0.2) is 0 Å². The maximum absolute atomic E-state index is 11.0. The number of hydrogen-bond acceptors (Lipinski definition) is 1. The summed E-state index contributed by atoms with van der Waals surface area (Å²) in [7, 11) is 0. The van der Waals surface area contributed by atoms with Crippen molar-refractivity contribution in [1.29, 1.82) is 0 Å². The average molecular weight is 196 g/mol. The maximum atomic E-state index is 11.0. The quantitative estimate of drug-likeness (QED) is 0.670. The number of carbonyl (C=O) groups excluding carboxylic acids is 1. The van der Waals surface area contributed by atoms with E-state index in [2.05, 4.69) is 20.8 Å². The molecule has 2 atom stereocenters. The first kappa shape index (κ1) is 11.7. The molecule has 1 fully saturated rings. The molecule has 1 nitrogen and oxygen atoms in total. The maximum Gasteiger partial charge on any atom is 0.129 e. The van der Waals surface area contributed by atoms with Gasteiger partial charge in [-0.15, -0.1) is 0 Å². The number of hydrogen-bond donors (Lipinski definition) is 0. The van der Waals surface area contributed by atoms with Gasteiger partial charge in [-0.05, 0) is 37.0 Å². The molecule has 1 unspecified atom stereocenters. The fourth-order valence-corrected chi connectivity index (χ4v) is 3.07. The van der Waals surface area contributed by atoms with Gasteiger partial charge >= 0.3 is 0 Å². The molecule has 0 saturated heterocycles. The van der Waals surface area contributed by atoms with Crippen molar-refractivity contribution in [3.8, 4) is 0 Å². The van der Waals surface area contributed by atoms with Crippen LogP contribution < -0.4 is 0 Å². The van der Waals surface area contributed by atoms with E-state index in [1.807, 2.05) is 0 Å². The first-order valence-electron chi connectivity index (χ1n) is 5.93. The van der Waals surface area contributed by atoms with E-state index < -0.39 is 0 Å². The summed E-state index contributed by atoms with van der Waals surface area (Å²) in [6, 6.07) is 0. The third-order valence-electron chi connectivity index (χ3n) is 3.98. The Hall–Kier alpha value is -0.330. The highest BCUT2D eigenvalue weighted by molar-refractivity contribution is 5.75. The summed E-state index contributed by atoms with van der Waals surface area (Å²) in [6.45, 7) is 8.80. The average Bonchev–Trinajstić information content (AvgIpc) is 2.01. The molecule has 82 valence electrons. The lowest BCUT2D eigenvalue weighted by molar-refractivity contribution is -0.117. The molecule has 0 amide bonds. The Labute approximate surface area is 88.3 Å². The van der Waals surface area contributed by atoms with Crippen LogP contribution in [-0.4, -0.2) is 5.78 Å². The van der Waals surface area contributed by atoms with Crippen molar-refractivity contribution in [2.45, 2.75) is 59.8 Å². The highest BCUT2D eigenvalue weighted by Gasteiger charge is 2.36. The van der Waals surface area contributed by atoms with Crippen molar-refractivity contribution < 1.29 is 4.79 Å². The van der Waals surface area contributed by atoms with Gasteiger partial charge in [-0.1, -0.05) is 33.6 Å². The molecular formula is C13H24O. The number of rotatable bonds is 3. The zero-order valence-electron chi connectivity index (χ0n) is 10.1. The zero-order chi connectivity index (χ0) is 10.8. The van der Waals surface area contributed by atoms with Crippen LogP contribution in [0.4, 0.5) is 0 Å². The second-order valence-electron chi connectivity index (χ2n) is 5.71. The van der Waals surface area contributed by atoms with E-state index in [0.717, 1.165) is 24.7 Å². The van der Waals surface area contributed by atoms with Crippen molar-refractivity contribution in [3.63, 3.8) is 0 Å². The van der Waals surface area contributed by atoms with E-state index in [0.29, 0.717) is 11.2 Å². The van der Waals surface area contributed by atoms with Gasteiger partial charge in [0.1, 0.15) is 5.78 Å². The standard InChI is InChI=1S/C13H24O/c1-10-6-5-9-13(3,4)12(10)8-7-11(2)14/h10,12H,5-9H2,1-4H3/t10?,12-/m0/s1. The van der Waals surface area contributed by atoms with Crippen molar-refractivity contribution in [3.05, 3.63) is 0 Å². The fourth-order valence-electron chi connectivity index (χ4n) is 3.07. The lowest BCUT2D eigenvalue weighted by Crippen LogP contribution is -2.33. The van der Waals surface area contributed by atoms with Gasteiger partial charge in [-0.25, -0.2) is 0 Å². The summed E-state index contributed by atoms with van der Waals surface area (Å²) in [5.74, 6) is 1.90. The molecule has 0 aromatic heterocycles. The minimum Gasteiger partial charge on any atom is -0.300 e. The molecule has 0 radical (unpaired) electrons. The van der Waals surface area contributed by atoms with Gasteiger partial charge in [0.15, 0.2) is 0 Å². The monoisotopic (exact) mass is 196 g/mol. The van der Waals surface area contributed by atoms with Gasteiger partial charge in [0, 0.05) is 6.42 Å². The van der Waals surface area contributed by atoms with E-state index >= 15 is 0 Å². The van der Waals surface area contributed by atoms with Crippen LogP contribution in [0.3, 0.4) is 0 Å². The largest absolute Gasteiger partial charge is 0.300 e. The third kappa shape index (κ3) is 2.83.